The normalized spacial score (nSPS) is 16.1. The summed E-state index contributed by atoms with van der Waals surface area (Å²) in [5.41, 5.74) is 9.91. The van der Waals surface area contributed by atoms with E-state index in [-0.39, 0.29) is 0 Å². The predicted octanol–water partition coefficient (Wildman–Crippen LogP) is -0.469. The number of hydrogen-bond donors (Lipinski definition) is 2. The molecule has 0 heterocycles. The summed E-state index contributed by atoms with van der Waals surface area (Å²) in [4.78, 5) is 12.9. The van der Waals surface area contributed by atoms with Crippen LogP contribution >= 0.6 is 0 Å². The maximum Gasteiger partial charge on any atom is 0.237 e. The Balaban J connectivity index is 3.83. The molecule has 0 aromatic heterocycles. The van der Waals surface area contributed by atoms with Crippen LogP contribution in [-0.4, -0.2) is 36.5 Å². The van der Waals surface area contributed by atoms with Crippen LogP contribution in [0.1, 0.15) is 20.3 Å². The first-order chi connectivity index (χ1) is 5.40. The molecule has 1 atom stereocenters. The number of rotatable bonds is 5. The van der Waals surface area contributed by atoms with Crippen LogP contribution < -0.4 is 11.5 Å². The Bertz CT molecular complexity index is 156. The largest absolute Gasteiger partial charge is 0.368 e. The molecule has 4 heteroatoms. The van der Waals surface area contributed by atoms with Crippen molar-refractivity contribution in [3.8, 4) is 0 Å². The van der Waals surface area contributed by atoms with Crippen molar-refractivity contribution in [2.24, 2.45) is 11.5 Å². The van der Waals surface area contributed by atoms with E-state index in [1.807, 2.05) is 7.05 Å². The van der Waals surface area contributed by atoms with Crippen molar-refractivity contribution in [3.63, 3.8) is 0 Å². The van der Waals surface area contributed by atoms with E-state index in [0.29, 0.717) is 6.42 Å². The molecule has 0 spiro atoms. The highest BCUT2D eigenvalue weighted by Gasteiger charge is 2.25. The number of nitrogens with two attached hydrogens (primary N) is 2. The van der Waals surface area contributed by atoms with Gasteiger partial charge in [0.25, 0.3) is 0 Å². The minimum Gasteiger partial charge on any atom is -0.368 e. The van der Waals surface area contributed by atoms with Gasteiger partial charge in [-0.2, -0.15) is 0 Å². The molecule has 4 N–H and O–H groups in total. The van der Waals surface area contributed by atoms with Crippen molar-refractivity contribution >= 4 is 5.91 Å². The third-order valence-electron chi connectivity index (χ3n) is 2.12. The Hall–Kier alpha value is -0.610. The quantitative estimate of drug-likeness (QED) is 0.590. The van der Waals surface area contributed by atoms with E-state index in [1.165, 1.54) is 0 Å². The number of carbonyl (C=O) groups excluding carboxylic acids is 1. The number of amides is 1. The Labute approximate surface area is 73.9 Å². The number of nitrogens with zero attached hydrogens (tertiary/aromatic N) is 1. The molecule has 0 fully saturated rings. The van der Waals surface area contributed by atoms with Gasteiger partial charge in [-0.25, -0.2) is 0 Å². The highest BCUT2D eigenvalue weighted by Crippen LogP contribution is 2.04. The van der Waals surface area contributed by atoms with Gasteiger partial charge in [-0.1, -0.05) is 6.92 Å². The van der Waals surface area contributed by atoms with Gasteiger partial charge in [-0.15, -0.1) is 0 Å². The fourth-order valence-corrected chi connectivity index (χ4v) is 0.704. The molecule has 0 rings (SSSR count). The van der Waals surface area contributed by atoms with E-state index in [1.54, 1.807) is 6.92 Å². The van der Waals surface area contributed by atoms with Crippen molar-refractivity contribution < 1.29 is 4.79 Å². The Morgan fingerprint density at radius 3 is 2.42 bits per heavy atom. The summed E-state index contributed by atoms with van der Waals surface area (Å²) in [7, 11) is 1.98. The van der Waals surface area contributed by atoms with E-state index in [2.05, 4.69) is 11.8 Å². The van der Waals surface area contributed by atoms with E-state index in [0.717, 1.165) is 13.1 Å². The number of hydrogen-bond acceptors (Lipinski definition) is 3. The van der Waals surface area contributed by atoms with E-state index >= 15 is 0 Å². The zero-order chi connectivity index (χ0) is 9.78. The average molecular weight is 173 g/mol. The van der Waals surface area contributed by atoms with E-state index < -0.39 is 11.4 Å². The van der Waals surface area contributed by atoms with Gasteiger partial charge in [-0.3, -0.25) is 4.79 Å². The van der Waals surface area contributed by atoms with Gasteiger partial charge in [0.05, 0.1) is 5.54 Å². The molecule has 12 heavy (non-hydrogen) atoms. The van der Waals surface area contributed by atoms with Gasteiger partial charge < -0.3 is 16.4 Å². The van der Waals surface area contributed by atoms with Crippen molar-refractivity contribution in [3.05, 3.63) is 0 Å². The molecule has 0 aliphatic rings. The minimum absolute atomic E-state index is 0.438. The van der Waals surface area contributed by atoms with Gasteiger partial charge in [0.15, 0.2) is 0 Å². The van der Waals surface area contributed by atoms with Gasteiger partial charge >= 0.3 is 0 Å². The van der Waals surface area contributed by atoms with E-state index in [4.69, 9.17) is 11.5 Å². The molecule has 0 saturated carbocycles. The summed E-state index contributed by atoms with van der Waals surface area (Å²) >= 11 is 0. The smallest absolute Gasteiger partial charge is 0.237 e. The van der Waals surface area contributed by atoms with E-state index in [9.17, 15) is 4.79 Å². The molecule has 0 radical (unpaired) electrons. The first-order valence-corrected chi connectivity index (χ1v) is 4.17. The molecule has 0 aliphatic carbocycles. The number of carbonyl (C=O) groups is 1. The lowest BCUT2D eigenvalue weighted by molar-refractivity contribution is -0.122. The summed E-state index contributed by atoms with van der Waals surface area (Å²) in [6.07, 6.45) is 0.604. The van der Waals surface area contributed by atoms with Crippen LogP contribution in [-0.2, 0) is 4.79 Å². The van der Waals surface area contributed by atoms with Crippen LogP contribution in [0.2, 0.25) is 0 Å². The van der Waals surface area contributed by atoms with Crippen LogP contribution in [0.5, 0.6) is 0 Å². The molecule has 1 unspecified atom stereocenters. The molecular formula is C8H19N3O. The lowest BCUT2D eigenvalue weighted by Crippen LogP contribution is -2.50. The number of primary amides is 1. The lowest BCUT2D eigenvalue weighted by Gasteiger charge is -2.23. The topological polar surface area (TPSA) is 72.3 Å². The molecule has 0 aromatic carbocycles. The highest BCUT2D eigenvalue weighted by atomic mass is 16.1. The van der Waals surface area contributed by atoms with Crippen LogP contribution in [0.15, 0.2) is 0 Å². The second kappa shape index (κ2) is 4.42. The predicted molar refractivity (Wildman–Crippen MR) is 49.6 cm³/mol. The highest BCUT2D eigenvalue weighted by molar-refractivity contribution is 5.83. The first-order valence-electron chi connectivity index (χ1n) is 4.17. The monoisotopic (exact) mass is 173 g/mol. The molecule has 0 saturated heterocycles. The Morgan fingerprint density at radius 2 is 2.08 bits per heavy atom. The molecule has 72 valence electrons. The Morgan fingerprint density at radius 1 is 1.58 bits per heavy atom. The first kappa shape index (κ1) is 11.4. The molecule has 0 aromatic rings. The lowest BCUT2D eigenvalue weighted by atomic mass is 9.98. The van der Waals surface area contributed by atoms with Crippen molar-refractivity contribution in [2.45, 2.75) is 25.8 Å². The molecule has 0 aliphatic heterocycles. The third kappa shape index (κ3) is 3.69. The average Bonchev–Trinajstić information content (AvgIpc) is 2.00. The summed E-state index contributed by atoms with van der Waals surface area (Å²) < 4.78 is 0. The van der Waals surface area contributed by atoms with Gasteiger partial charge in [0.1, 0.15) is 0 Å². The van der Waals surface area contributed by atoms with Crippen LogP contribution in [0.3, 0.4) is 0 Å². The summed E-state index contributed by atoms with van der Waals surface area (Å²) in [5.74, 6) is -0.438. The van der Waals surface area contributed by atoms with Crippen LogP contribution in [0.4, 0.5) is 0 Å². The standard InChI is InChI=1S/C8H19N3O/c1-4-11(3)6-5-8(2,10)7(9)12/h4-6,10H2,1-3H3,(H2,9,12). The van der Waals surface area contributed by atoms with Gasteiger partial charge in [0.2, 0.25) is 5.91 Å². The molecule has 1 amide bonds. The van der Waals surface area contributed by atoms with Crippen LogP contribution in [0.25, 0.3) is 0 Å². The van der Waals surface area contributed by atoms with Gasteiger partial charge in [0, 0.05) is 6.54 Å². The van der Waals surface area contributed by atoms with Crippen LogP contribution in [0, 0.1) is 0 Å². The second-order valence-corrected chi connectivity index (χ2v) is 3.43. The fraction of sp³-hybridized carbons (Fsp3) is 0.875. The summed E-state index contributed by atoms with van der Waals surface area (Å²) in [6, 6.07) is 0. The molecule has 4 nitrogen and oxygen atoms in total. The fourth-order valence-electron chi connectivity index (χ4n) is 0.704. The third-order valence-corrected chi connectivity index (χ3v) is 2.12. The second-order valence-electron chi connectivity index (χ2n) is 3.43. The summed E-state index contributed by atoms with van der Waals surface area (Å²) in [6.45, 7) is 5.47. The maximum absolute atomic E-state index is 10.8. The molecular weight excluding hydrogens is 154 g/mol. The molecule has 0 bridgehead atoms. The van der Waals surface area contributed by atoms with Crippen molar-refractivity contribution in [2.75, 3.05) is 20.1 Å². The van der Waals surface area contributed by atoms with Crippen molar-refractivity contribution in [1.82, 2.24) is 4.90 Å². The zero-order valence-electron chi connectivity index (χ0n) is 8.13. The van der Waals surface area contributed by atoms with Crippen molar-refractivity contribution in [1.29, 1.82) is 0 Å². The van der Waals surface area contributed by atoms with Gasteiger partial charge in [-0.05, 0) is 26.9 Å². The minimum atomic E-state index is -0.872. The maximum atomic E-state index is 10.8. The summed E-state index contributed by atoms with van der Waals surface area (Å²) in [5, 5.41) is 0. The SMILES string of the molecule is CCN(C)CCC(C)(N)C(N)=O. The zero-order valence-corrected chi connectivity index (χ0v) is 8.13. The Kier molecular flexibility index (Phi) is 4.20.